The van der Waals surface area contributed by atoms with Crippen LogP contribution in [0, 0.1) is 0 Å². The maximum absolute atomic E-state index is 2.48. The van der Waals surface area contributed by atoms with Gasteiger partial charge in [-0.1, -0.05) is 109 Å². The Bertz CT molecular complexity index is 2820. The number of allylic oxidation sites excluding steroid dienone is 3. The molecular formula is C42H24. The zero-order valence-corrected chi connectivity index (χ0v) is 23.0. The van der Waals surface area contributed by atoms with Crippen LogP contribution in [0.5, 0.6) is 0 Å². The number of hydrogen-bond donors (Lipinski definition) is 0. The van der Waals surface area contributed by atoms with Gasteiger partial charge in [-0.3, -0.25) is 0 Å². The molecule has 2 aliphatic rings. The summed E-state index contributed by atoms with van der Waals surface area (Å²) in [5.74, 6) is 0. The largest absolute Gasteiger partial charge is 0.0801 e. The lowest BCUT2D eigenvalue weighted by molar-refractivity contribution is 1.25. The molecule has 0 aromatic heterocycles. The Hall–Kier alpha value is -5.20. The van der Waals surface area contributed by atoms with Crippen molar-refractivity contribution in [3.05, 3.63) is 131 Å². The molecule has 42 heavy (non-hydrogen) atoms. The average Bonchev–Trinajstić information content (AvgIpc) is 3.05. The summed E-state index contributed by atoms with van der Waals surface area (Å²) in [6.45, 7) is 0. The van der Waals surface area contributed by atoms with Crippen molar-refractivity contribution in [2.24, 2.45) is 0 Å². The molecule has 0 atom stereocenters. The first-order valence-corrected chi connectivity index (χ1v) is 15.1. The highest BCUT2D eigenvalue weighted by molar-refractivity contribution is 6.46. The lowest BCUT2D eigenvalue weighted by Gasteiger charge is -2.24. The first-order valence-electron chi connectivity index (χ1n) is 15.1. The second-order valence-corrected chi connectivity index (χ2v) is 12.2. The summed E-state index contributed by atoms with van der Waals surface area (Å²) in [4.78, 5) is 0. The predicted molar refractivity (Wildman–Crippen MR) is 183 cm³/mol. The highest BCUT2D eigenvalue weighted by Crippen LogP contribution is 2.51. The Morgan fingerprint density at radius 2 is 1.10 bits per heavy atom. The Labute approximate surface area is 241 Å². The summed E-state index contributed by atoms with van der Waals surface area (Å²) >= 11 is 0. The van der Waals surface area contributed by atoms with Gasteiger partial charge >= 0.3 is 0 Å². The van der Waals surface area contributed by atoms with E-state index in [1.165, 1.54) is 108 Å². The first kappa shape index (κ1) is 21.5. The van der Waals surface area contributed by atoms with Crippen LogP contribution in [-0.2, 0) is 12.8 Å². The van der Waals surface area contributed by atoms with Crippen LogP contribution >= 0.6 is 0 Å². The third-order valence-corrected chi connectivity index (χ3v) is 10.3. The fourth-order valence-electron chi connectivity index (χ4n) is 8.78. The van der Waals surface area contributed by atoms with Crippen LogP contribution < -0.4 is 5.22 Å². The SMILES string of the molecule is C1=CCc2cc3c4cccc5c6cccc7c8cc9ccccc9c9c8c(c(c76)c(c6cccc(c2=C1)c36)c45)C=CC9. The van der Waals surface area contributed by atoms with Gasteiger partial charge in [0.25, 0.3) is 0 Å². The zero-order chi connectivity index (χ0) is 27.1. The van der Waals surface area contributed by atoms with Gasteiger partial charge in [-0.05, 0) is 133 Å². The molecule has 0 spiro atoms. The molecule has 0 fully saturated rings. The molecule has 192 valence electrons. The van der Waals surface area contributed by atoms with E-state index in [4.69, 9.17) is 0 Å². The van der Waals surface area contributed by atoms with Crippen LogP contribution in [0.25, 0.3) is 98.3 Å². The number of fused-ring (bicyclic) bond motifs is 10. The molecule has 9 aromatic rings. The van der Waals surface area contributed by atoms with Gasteiger partial charge in [0, 0.05) is 0 Å². The van der Waals surface area contributed by atoms with Crippen LogP contribution in [0.4, 0.5) is 0 Å². The molecular weight excluding hydrogens is 504 g/mol. The minimum absolute atomic E-state index is 0.973. The maximum atomic E-state index is 2.48. The van der Waals surface area contributed by atoms with Crippen molar-refractivity contribution in [1.82, 2.24) is 0 Å². The van der Waals surface area contributed by atoms with E-state index in [2.05, 4.69) is 121 Å². The normalized spacial score (nSPS) is 14.5. The fraction of sp³-hybridized carbons (Fsp3) is 0.0476. The van der Waals surface area contributed by atoms with E-state index in [0.717, 1.165) is 12.8 Å². The van der Waals surface area contributed by atoms with Crippen molar-refractivity contribution in [2.75, 3.05) is 0 Å². The number of hydrogen-bond acceptors (Lipinski definition) is 0. The molecule has 0 saturated carbocycles. The van der Waals surface area contributed by atoms with Crippen molar-refractivity contribution < 1.29 is 0 Å². The molecule has 0 unspecified atom stereocenters. The minimum Gasteiger partial charge on any atom is -0.0801 e. The van der Waals surface area contributed by atoms with E-state index in [-0.39, 0.29) is 0 Å². The van der Waals surface area contributed by atoms with Crippen molar-refractivity contribution in [3.63, 3.8) is 0 Å². The van der Waals surface area contributed by atoms with Crippen LogP contribution in [0.3, 0.4) is 0 Å². The quantitative estimate of drug-likeness (QED) is 0.136. The van der Waals surface area contributed by atoms with E-state index in [1.807, 2.05) is 0 Å². The highest BCUT2D eigenvalue weighted by atomic mass is 14.3. The van der Waals surface area contributed by atoms with Crippen LogP contribution in [0.2, 0.25) is 0 Å². The van der Waals surface area contributed by atoms with E-state index in [1.54, 1.807) is 0 Å². The highest BCUT2D eigenvalue weighted by Gasteiger charge is 2.25. The topological polar surface area (TPSA) is 0 Å². The van der Waals surface area contributed by atoms with Crippen molar-refractivity contribution in [3.8, 4) is 0 Å². The lowest BCUT2D eigenvalue weighted by Crippen LogP contribution is -2.12. The molecule has 0 amide bonds. The smallest absolute Gasteiger partial charge is 0.000719 e. The Kier molecular flexibility index (Phi) is 3.77. The lowest BCUT2D eigenvalue weighted by atomic mass is 9.78. The van der Waals surface area contributed by atoms with Crippen LogP contribution in [-0.4, -0.2) is 0 Å². The Balaban J connectivity index is 1.54. The summed E-state index contributed by atoms with van der Waals surface area (Å²) in [7, 11) is 0. The van der Waals surface area contributed by atoms with Gasteiger partial charge in [-0.15, -0.1) is 0 Å². The van der Waals surface area contributed by atoms with Crippen LogP contribution in [0.15, 0.2) is 109 Å². The van der Waals surface area contributed by atoms with Gasteiger partial charge in [0.2, 0.25) is 0 Å². The predicted octanol–water partition coefficient (Wildman–Crippen LogP) is 10.5. The standard InChI is InChI=1S/C42H24/c1-3-11-25-23(9-1)21-35-31-17-5-15-29-30-16-6-18-32-36-22-24-10-2-4-12-26(24)28-14-8-20-34(38(28)36)42(40(30)32)41(39(29)31)33-19-7-13-27(25)37(33)35/h1-9,11-12,14-22H,10,13H2. The second-order valence-electron chi connectivity index (χ2n) is 12.2. The van der Waals surface area contributed by atoms with Gasteiger partial charge in [0.15, 0.2) is 0 Å². The summed E-state index contributed by atoms with van der Waals surface area (Å²) in [5.41, 5.74) is 4.28. The second kappa shape index (κ2) is 7.35. The summed E-state index contributed by atoms with van der Waals surface area (Å²) in [5, 5.41) is 23.6. The molecule has 0 radical (unpaired) electrons. The molecule has 0 nitrogen and oxygen atoms in total. The number of rotatable bonds is 0. The van der Waals surface area contributed by atoms with Gasteiger partial charge in [-0.25, -0.2) is 0 Å². The average molecular weight is 529 g/mol. The van der Waals surface area contributed by atoms with Crippen molar-refractivity contribution in [2.45, 2.75) is 12.8 Å². The fourth-order valence-corrected chi connectivity index (χ4v) is 8.78. The van der Waals surface area contributed by atoms with Crippen molar-refractivity contribution in [1.29, 1.82) is 0 Å². The Morgan fingerprint density at radius 1 is 0.429 bits per heavy atom. The summed E-state index contributed by atoms with van der Waals surface area (Å²) < 4.78 is 0. The van der Waals surface area contributed by atoms with Gasteiger partial charge in [0.1, 0.15) is 0 Å². The molecule has 0 N–H and O–H groups in total. The summed E-state index contributed by atoms with van der Waals surface area (Å²) in [6, 6.07) is 34.9. The Morgan fingerprint density at radius 3 is 1.93 bits per heavy atom. The van der Waals surface area contributed by atoms with E-state index in [9.17, 15) is 0 Å². The van der Waals surface area contributed by atoms with Gasteiger partial charge in [-0.2, -0.15) is 0 Å². The minimum atomic E-state index is 0.973. The molecule has 0 saturated heterocycles. The molecule has 0 aliphatic heterocycles. The molecule has 0 heterocycles. The molecule has 0 heteroatoms. The maximum Gasteiger partial charge on any atom is -0.000719 e. The molecule has 2 aliphatic carbocycles. The summed E-state index contributed by atoms with van der Waals surface area (Å²) in [6.07, 6.45) is 13.6. The third-order valence-electron chi connectivity index (χ3n) is 10.3. The van der Waals surface area contributed by atoms with E-state index >= 15 is 0 Å². The van der Waals surface area contributed by atoms with E-state index in [0.29, 0.717) is 0 Å². The zero-order valence-electron chi connectivity index (χ0n) is 23.0. The molecule has 0 bridgehead atoms. The monoisotopic (exact) mass is 528 g/mol. The van der Waals surface area contributed by atoms with Gasteiger partial charge in [0.05, 0.1) is 0 Å². The van der Waals surface area contributed by atoms with Crippen molar-refractivity contribution >= 4 is 98.3 Å². The molecule has 11 rings (SSSR count). The number of benzene rings is 9. The third kappa shape index (κ3) is 2.40. The van der Waals surface area contributed by atoms with Gasteiger partial charge < -0.3 is 0 Å². The van der Waals surface area contributed by atoms with E-state index < -0.39 is 0 Å². The first-order chi connectivity index (χ1) is 20.9. The molecule has 9 aromatic carbocycles. The van der Waals surface area contributed by atoms with Crippen LogP contribution in [0.1, 0.15) is 16.7 Å².